The van der Waals surface area contributed by atoms with Gasteiger partial charge in [0.1, 0.15) is 0 Å². The molecule has 0 unspecified atom stereocenters. The third kappa shape index (κ3) is 15.1. The number of nitrogens with zero attached hydrogens (tertiary/aromatic N) is 3. The second-order valence-electron chi connectivity index (χ2n) is 4.49. The Morgan fingerprint density at radius 1 is 1.04 bits per heavy atom. The van der Waals surface area contributed by atoms with E-state index in [4.69, 9.17) is 0 Å². The van der Waals surface area contributed by atoms with Gasteiger partial charge in [0.15, 0.2) is 0 Å². The fourth-order valence-corrected chi connectivity index (χ4v) is 1.47. The van der Waals surface area contributed by atoms with Gasteiger partial charge in [-0.15, -0.1) is 5.11 Å². The van der Waals surface area contributed by atoms with Crippen LogP contribution >= 0.6 is 0 Å². The molecule has 0 spiro atoms. The summed E-state index contributed by atoms with van der Waals surface area (Å²) in [5.41, 5.74) is 1.26. The molecular formula is C14H20N3NaO8S. The number of carbonyl (C=O) groups is 2. The Morgan fingerprint density at radius 2 is 1.48 bits per heavy atom. The van der Waals surface area contributed by atoms with Crippen LogP contribution in [0.5, 0.6) is 0 Å². The molecule has 0 aliphatic carbocycles. The van der Waals surface area contributed by atoms with Gasteiger partial charge >= 0.3 is 41.9 Å². The Balaban J connectivity index is 0. The first-order valence-electron chi connectivity index (χ1n) is 7.26. The molecule has 0 aliphatic rings. The Labute approximate surface area is 179 Å². The van der Waals surface area contributed by atoms with Crippen molar-refractivity contribution in [2.45, 2.75) is 13.8 Å². The van der Waals surface area contributed by atoms with E-state index in [0.717, 1.165) is 5.69 Å². The van der Waals surface area contributed by atoms with Crippen LogP contribution in [0.2, 0.25) is 0 Å². The van der Waals surface area contributed by atoms with Crippen molar-refractivity contribution in [2.24, 2.45) is 9.63 Å². The molecule has 11 nitrogen and oxygen atoms in total. The van der Waals surface area contributed by atoms with Crippen LogP contribution in [0.3, 0.4) is 0 Å². The molecule has 27 heavy (non-hydrogen) atoms. The molecule has 0 bridgehead atoms. The van der Waals surface area contributed by atoms with E-state index >= 15 is 0 Å². The Kier molecular flexibility index (Phi) is 14.6. The molecular weight excluding hydrogens is 393 g/mol. The summed E-state index contributed by atoms with van der Waals surface area (Å²) in [6.07, 6.45) is -2.07. The van der Waals surface area contributed by atoms with E-state index in [1.165, 1.54) is 0 Å². The van der Waals surface area contributed by atoms with Gasteiger partial charge in [0.2, 0.25) is 10.3 Å². The van der Waals surface area contributed by atoms with Gasteiger partial charge in [-0.05, 0) is 38.1 Å². The second-order valence-corrected chi connectivity index (χ2v) is 5.51. The zero-order chi connectivity index (χ0) is 20.2. The molecule has 1 aromatic rings. The first-order chi connectivity index (χ1) is 12.1. The minimum Gasteiger partial charge on any atom is -0.728 e. The fourth-order valence-electron chi connectivity index (χ4n) is 1.28. The number of ether oxygens (including phenoxy) is 3. The van der Waals surface area contributed by atoms with Gasteiger partial charge in [0, 0.05) is 19.8 Å². The van der Waals surface area contributed by atoms with Crippen molar-refractivity contribution in [3.63, 3.8) is 0 Å². The monoisotopic (exact) mass is 413 g/mol. The summed E-state index contributed by atoms with van der Waals surface area (Å²) in [5.74, 6) is 0. The summed E-state index contributed by atoms with van der Waals surface area (Å²) in [6, 6.07) is 6.63. The third-order valence-electron chi connectivity index (χ3n) is 2.31. The Hall–Kier alpha value is -1.73. The molecule has 0 saturated carbocycles. The summed E-state index contributed by atoms with van der Waals surface area (Å²) in [6.45, 7) is 3.54. The second kappa shape index (κ2) is 14.3. The number of carbonyl (C=O) groups excluding carboxylic acids is 2. The van der Waals surface area contributed by atoms with Gasteiger partial charge in [0.05, 0.1) is 18.9 Å². The van der Waals surface area contributed by atoms with Crippen molar-refractivity contribution in [3.8, 4) is 0 Å². The fraction of sp³-hybridized carbons (Fsp3) is 0.429. The molecule has 146 valence electrons. The minimum atomic E-state index is -4.65. The van der Waals surface area contributed by atoms with Gasteiger partial charge in [0.25, 0.3) is 0 Å². The van der Waals surface area contributed by atoms with Crippen LogP contribution in [0.4, 0.5) is 21.0 Å². The molecule has 0 amide bonds. The van der Waals surface area contributed by atoms with E-state index < -0.39 is 22.6 Å². The molecule has 0 atom stereocenters. The quantitative estimate of drug-likeness (QED) is 0.207. The number of hydrogen-bond donors (Lipinski definition) is 0. The summed E-state index contributed by atoms with van der Waals surface area (Å²) >= 11 is 0. The largest absolute Gasteiger partial charge is 1.00 e. The van der Waals surface area contributed by atoms with Crippen LogP contribution in [0.15, 0.2) is 33.9 Å². The van der Waals surface area contributed by atoms with Crippen LogP contribution in [-0.2, 0) is 24.5 Å². The molecule has 1 aromatic carbocycles. The maximum atomic E-state index is 10.4. The molecule has 0 aliphatic heterocycles. The molecule has 0 fully saturated rings. The van der Waals surface area contributed by atoms with Crippen LogP contribution in [0.25, 0.3) is 0 Å². The van der Waals surface area contributed by atoms with Crippen molar-refractivity contribution < 1.29 is 66.3 Å². The Bertz CT molecular complexity index is 692. The van der Waals surface area contributed by atoms with E-state index in [1.54, 1.807) is 38.1 Å². The van der Waals surface area contributed by atoms with E-state index in [9.17, 15) is 22.6 Å². The number of anilines is 1. The van der Waals surface area contributed by atoms with Crippen molar-refractivity contribution in [1.29, 1.82) is 0 Å². The average molecular weight is 413 g/mol. The van der Waals surface area contributed by atoms with E-state index in [0.29, 0.717) is 5.69 Å². The predicted molar refractivity (Wildman–Crippen MR) is 90.1 cm³/mol. The van der Waals surface area contributed by atoms with Crippen LogP contribution in [0.1, 0.15) is 13.8 Å². The van der Waals surface area contributed by atoms with Crippen molar-refractivity contribution in [1.82, 2.24) is 0 Å². The normalized spacial score (nSPS) is 10.1. The zero-order valence-electron chi connectivity index (χ0n) is 15.7. The third-order valence-corrected chi connectivity index (χ3v) is 2.60. The zero-order valence-corrected chi connectivity index (χ0v) is 18.6. The van der Waals surface area contributed by atoms with E-state index in [1.807, 2.05) is 19.0 Å². The number of hydrogen-bond acceptors (Lipinski definition) is 10. The number of benzene rings is 1. The standard InChI is InChI=1S/C8H11N3O3S.C6H10O5.Na/c1-11(2)8-5-3-7(4-6-8)9-10-15(12,13)14;1-3-9-5(7)11-6(8)10-4-2;/h3-6H,1-2H3,(H,12,13,14);3-4H2,1-2H3;/q;;+1/p-1. The van der Waals surface area contributed by atoms with Crippen molar-refractivity contribution in [2.75, 3.05) is 32.2 Å². The molecule has 0 N–H and O–H groups in total. The molecule has 0 heterocycles. The van der Waals surface area contributed by atoms with Gasteiger partial charge in [-0.3, -0.25) is 0 Å². The van der Waals surface area contributed by atoms with Crippen LogP contribution in [0, 0.1) is 0 Å². The van der Waals surface area contributed by atoms with E-state index in [2.05, 4.69) is 23.8 Å². The molecule has 0 radical (unpaired) electrons. The summed E-state index contributed by atoms with van der Waals surface area (Å²) < 4.78 is 45.7. The topological polar surface area (TPSA) is 147 Å². The van der Waals surface area contributed by atoms with E-state index in [-0.39, 0.29) is 42.8 Å². The molecule has 0 saturated heterocycles. The smallest absolute Gasteiger partial charge is 0.728 e. The summed E-state index contributed by atoms with van der Waals surface area (Å²) in [7, 11) is -0.904. The van der Waals surface area contributed by atoms with Crippen molar-refractivity contribution >= 4 is 34.0 Å². The molecule has 1 rings (SSSR count). The van der Waals surface area contributed by atoms with Gasteiger partial charge < -0.3 is 23.7 Å². The van der Waals surface area contributed by atoms with Gasteiger partial charge in [-0.1, -0.05) is 4.52 Å². The number of rotatable bonds is 5. The maximum Gasteiger partial charge on any atom is 1.00 e. The maximum absolute atomic E-state index is 10.4. The van der Waals surface area contributed by atoms with Gasteiger partial charge in [-0.2, -0.15) is 0 Å². The Morgan fingerprint density at radius 3 is 1.81 bits per heavy atom. The van der Waals surface area contributed by atoms with Crippen LogP contribution in [-0.4, -0.2) is 52.6 Å². The predicted octanol–water partition coefficient (Wildman–Crippen LogP) is -0.383. The SMILES string of the molecule is CCOC(=O)OC(=O)OCC.CN(C)c1ccc(N=NS(=O)(=O)[O-])cc1.[Na+]. The average Bonchev–Trinajstić information content (AvgIpc) is 2.53. The first-order valence-corrected chi connectivity index (χ1v) is 8.63. The van der Waals surface area contributed by atoms with Crippen LogP contribution < -0.4 is 34.5 Å². The minimum absolute atomic E-state index is 0. The first kappa shape index (κ1) is 27.5. The summed E-state index contributed by atoms with van der Waals surface area (Å²) in [4.78, 5) is 22.6. The van der Waals surface area contributed by atoms with Crippen molar-refractivity contribution in [3.05, 3.63) is 24.3 Å². The van der Waals surface area contributed by atoms with Gasteiger partial charge in [-0.25, -0.2) is 18.0 Å². The summed E-state index contributed by atoms with van der Waals surface area (Å²) in [5, 5.41) is 3.28. The molecule has 13 heteroatoms. The molecule has 0 aromatic heterocycles.